The zero-order chi connectivity index (χ0) is 14.9. The molecule has 2 heterocycles. The highest BCUT2D eigenvalue weighted by Crippen LogP contribution is 2.27. The third-order valence-corrected chi connectivity index (χ3v) is 4.49. The Morgan fingerprint density at radius 1 is 0.955 bits per heavy atom. The van der Waals surface area contributed by atoms with Crippen molar-refractivity contribution < 1.29 is 4.52 Å². The molecule has 0 radical (unpaired) electrons. The molecule has 0 spiro atoms. The van der Waals surface area contributed by atoms with Crippen LogP contribution in [0.25, 0.3) is 32.7 Å². The fraction of sp³-hybridized carbons (Fsp3) is 0. The van der Waals surface area contributed by atoms with Gasteiger partial charge in [0.05, 0.1) is 5.56 Å². The molecule has 3 nitrogen and oxygen atoms in total. The van der Waals surface area contributed by atoms with Crippen LogP contribution >= 0.6 is 11.3 Å². The Morgan fingerprint density at radius 2 is 1.73 bits per heavy atom. The zero-order valence-electron chi connectivity index (χ0n) is 11.5. The lowest BCUT2D eigenvalue weighted by atomic mass is 10.1. The minimum atomic E-state index is -0.0230. The molecule has 2 aromatic heterocycles. The number of rotatable bonds is 2. The molecule has 0 fully saturated rings. The summed E-state index contributed by atoms with van der Waals surface area (Å²) in [7, 11) is 0. The van der Waals surface area contributed by atoms with Crippen molar-refractivity contribution in [1.82, 2.24) is 5.16 Å². The quantitative estimate of drug-likeness (QED) is 0.544. The maximum atomic E-state index is 12.6. The van der Waals surface area contributed by atoms with Crippen LogP contribution in [0.5, 0.6) is 0 Å². The van der Waals surface area contributed by atoms with Gasteiger partial charge in [-0.15, -0.1) is 11.3 Å². The maximum absolute atomic E-state index is 12.6. The van der Waals surface area contributed by atoms with Gasteiger partial charge in [-0.25, -0.2) is 0 Å². The fourth-order valence-corrected chi connectivity index (χ4v) is 3.31. The van der Waals surface area contributed by atoms with Crippen molar-refractivity contribution in [3.63, 3.8) is 0 Å². The van der Waals surface area contributed by atoms with Gasteiger partial charge in [0.25, 0.3) is 0 Å². The number of aromatic nitrogens is 1. The van der Waals surface area contributed by atoms with Crippen LogP contribution in [0.1, 0.15) is 0 Å². The predicted octanol–water partition coefficient (Wildman–Crippen LogP) is 4.58. The molecule has 0 aliphatic carbocycles. The molecule has 0 bridgehead atoms. The van der Waals surface area contributed by atoms with Gasteiger partial charge < -0.3 is 4.52 Å². The second-order valence-electron chi connectivity index (χ2n) is 4.92. The Morgan fingerprint density at radius 3 is 2.59 bits per heavy atom. The van der Waals surface area contributed by atoms with E-state index in [9.17, 15) is 4.79 Å². The summed E-state index contributed by atoms with van der Waals surface area (Å²) in [6.07, 6.45) is 0. The Hall–Kier alpha value is -2.72. The van der Waals surface area contributed by atoms with Gasteiger partial charge in [-0.2, -0.15) is 0 Å². The largest absolute Gasteiger partial charge is 0.355 e. The summed E-state index contributed by atoms with van der Waals surface area (Å²) in [5.74, 6) is 0.505. The van der Waals surface area contributed by atoms with Gasteiger partial charge in [-0.1, -0.05) is 47.6 Å². The highest BCUT2D eigenvalue weighted by Gasteiger charge is 2.13. The number of hydrogen-bond donors (Lipinski definition) is 0. The minimum Gasteiger partial charge on any atom is -0.355 e. The molecule has 0 saturated heterocycles. The first-order chi connectivity index (χ1) is 10.8. The summed E-state index contributed by atoms with van der Waals surface area (Å²) in [6, 6.07) is 19.2. The summed E-state index contributed by atoms with van der Waals surface area (Å²) in [6.45, 7) is 0. The molecule has 106 valence electrons. The van der Waals surface area contributed by atoms with E-state index in [1.54, 1.807) is 0 Å². The van der Waals surface area contributed by atoms with E-state index >= 15 is 0 Å². The van der Waals surface area contributed by atoms with Crippen molar-refractivity contribution in [2.45, 2.75) is 0 Å². The first-order valence-corrected chi connectivity index (χ1v) is 7.74. The van der Waals surface area contributed by atoms with Crippen LogP contribution in [-0.4, -0.2) is 5.16 Å². The van der Waals surface area contributed by atoms with Crippen molar-refractivity contribution in [2.75, 3.05) is 0 Å². The molecular weight excluding hydrogens is 294 g/mol. The molecule has 0 atom stereocenters. The molecule has 0 saturated carbocycles. The van der Waals surface area contributed by atoms with Crippen LogP contribution in [-0.2, 0) is 0 Å². The van der Waals surface area contributed by atoms with Gasteiger partial charge in [0.1, 0.15) is 5.69 Å². The number of benzene rings is 2. The smallest absolute Gasteiger partial charge is 0.199 e. The second kappa shape index (κ2) is 5.24. The molecule has 22 heavy (non-hydrogen) atoms. The molecule has 0 N–H and O–H groups in total. The Kier molecular flexibility index (Phi) is 3.09. The van der Waals surface area contributed by atoms with Gasteiger partial charge in [-0.3, -0.25) is 4.79 Å². The lowest BCUT2D eigenvalue weighted by Crippen LogP contribution is -2.02. The fourth-order valence-electron chi connectivity index (χ4n) is 2.40. The van der Waals surface area contributed by atoms with Crippen LogP contribution in [0.4, 0.5) is 0 Å². The first kappa shape index (κ1) is 13.0. The van der Waals surface area contributed by atoms with Crippen LogP contribution in [0, 0.1) is 0 Å². The molecule has 4 rings (SSSR count). The van der Waals surface area contributed by atoms with Gasteiger partial charge >= 0.3 is 0 Å². The van der Waals surface area contributed by atoms with Crippen molar-refractivity contribution in [3.8, 4) is 22.6 Å². The first-order valence-electron chi connectivity index (χ1n) is 6.86. The average molecular weight is 305 g/mol. The van der Waals surface area contributed by atoms with E-state index in [0.717, 1.165) is 16.0 Å². The standard InChI is InChI=1S/C18H11NO2S/c20-18-13-8-4-5-9-17(13)22-11-14(18)16-10-15(19-21-16)12-6-2-1-3-7-12/h1-11H. The Bertz CT molecular complexity index is 1000. The monoisotopic (exact) mass is 305 g/mol. The Labute approximate surface area is 130 Å². The SMILES string of the molecule is O=c1c(-c2cc(-c3ccccc3)no2)csc2ccccc12. The lowest BCUT2D eigenvalue weighted by molar-refractivity contribution is 0.435. The molecule has 2 aromatic carbocycles. The lowest BCUT2D eigenvalue weighted by Gasteiger charge is -1.98. The van der Waals surface area contributed by atoms with E-state index in [4.69, 9.17) is 4.52 Å². The maximum Gasteiger partial charge on any atom is 0.199 e. The van der Waals surface area contributed by atoms with Crippen LogP contribution in [0.15, 0.2) is 75.4 Å². The predicted molar refractivity (Wildman–Crippen MR) is 89.0 cm³/mol. The van der Waals surface area contributed by atoms with Gasteiger partial charge in [0.2, 0.25) is 0 Å². The van der Waals surface area contributed by atoms with Crippen LogP contribution in [0.3, 0.4) is 0 Å². The minimum absolute atomic E-state index is 0.0230. The van der Waals surface area contributed by atoms with E-state index in [-0.39, 0.29) is 5.43 Å². The molecular formula is C18H11NO2S. The van der Waals surface area contributed by atoms with Crippen molar-refractivity contribution in [3.05, 3.63) is 76.3 Å². The van der Waals surface area contributed by atoms with Gasteiger partial charge in [-0.05, 0) is 12.1 Å². The summed E-state index contributed by atoms with van der Waals surface area (Å²) < 4.78 is 6.36. The summed E-state index contributed by atoms with van der Waals surface area (Å²) in [5.41, 5.74) is 2.23. The van der Waals surface area contributed by atoms with E-state index in [0.29, 0.717) is 16.7 Å². The normalized spacial score (nSPS) is 10.9. The summed E-state index contributed by atoms with van der Waals surface area (Å²) in [4.78, 5) is 12.6. The van der Waals surface area contributed by atoms with E-state index in [1.165, 1.54) is 11.3 Å². The van der Waals surface area contributed by atoms with E-state index < -0.39 is 0 Å². The highest BCUT2D eigenvalue weighted by molar-refractivity contribution is 7.16. The molecule has 0 unspecified atom stereocenters. The van der Waals surface area contributed by atoms with E-state index in [2.05, 4.69) is 5.16 Å². The number of hydrogen-bond acceptors (Lipinski definition) is 4. The van der Waals surface area contributed by atoms with Crippen LogP contribution < -0.4 is 5.43 Å². The van der Waals surface area contributed by atoms with Crippen molar-refractivity contribution >= 4 is 21.4 Å². The van der Waals surface area contributed by atoms with Gasteiger partial charge in [0, 0.05) is 27.1 Å². The van der Waals surface area contributed by atoms with Crippen LogP contribution in [0.2, 0.25) is 0 Å². The zero-order valence-corrected chi connectivity index (χ0v) is 12.3. The van der Waals surface area contributed by atoms with Gasteiger partial charge in [0.15, 0.2) is 11.2 Å². The molecule has 0 aliphatic rings. The third kappa shape index (κ3) is 2.14. The third-order valence-electron chi connectivity index (χ3n) is 3.53. The second-order valence-corrected chi connectivity index (χ2v) is 5.83. The summed E-state index contributed by atoms with van der Waals surface area (Å²) in [5, 5.41) is 6.62. The van der Waals surface area contributed by atoms with Crippen molar-refractivity contribution in [1.29, 1.82) is 0 Å². The highest BCUT2D eigenvalue weighted by atomic mass is 32.1. The molecule has 4 heteroatoms. The molecule has 4 aromatic rings. The topological polar surface area (TPSA) is 43.1 Å². The summed E-state index contributed by atoms with van der Waals surface area (Å²) >= 11 is 1.53. The number of nitrogens with zero attached hydrogens (tertiary/aromatic N) is 1. The molecule has 0 aliphatic heterocycles. The number of fused-ring (bicyclic) bond motifs is 1. The average Bonchev–Trinajstić information content (AvgIpc) is 3.06. The Balaban J connectivity index is 1.85. The van der Waals surface area contributed by atoms with Crippen molar-refractivity contribution in [2.24, 2.45) is 0 Å². The van der Waals surface area contributed by atoms with E-state index in [1.807, 2.05) is 66.0 Å². The molecule has 0 amide bonds.